The summed E-state index contributed by atoms with van der Waals surface area (Å²) in [7, 11) is -3.80. The molecule has 33 heavy (non-hydrogen) atoms. The summed E-state index contributed by atoms with van der Waals surface area (Å²) in [5.41, 5.74) is 7.59. The highest BCUT2D eigenvalue weighted by Crippen LogP contribution is 2.20. The van der Waals surface area contributed by atoms with Gasteiger partial charge in [0.1, 0.15) is 5.75 Å². The zero-order valence-electron chi connectivity index (χ0n) is 18.5. The summed E-state index contributed by atoms with van der Waals surface area (Å²) in [6.07, 6.45) is 0. The van der Waals surface area contributed by atoms with Gasteiger partial charge in [-0.2, -0.15) is 0 Å². The van der Waals surface area contributed by atoms with Gasteiger partial charge in [0.2, 0.25) is 0 Å². The van der Waals surface area contributed by atoms with Gasteiger partial charge in [0.15, 0.2) is 0 Å². The maximum absolute atomic E-state index is 12.6. The Labute approximate surface area is 193 Å². The van der Waals surface area contributed by atoms with Gasteiger partial charge in [-0.25, -0.2) is 8.42 Å². The van der Waals surface area contributed by atoms with E-state index in [1.165, 1.54) is 36.4 Å². The summed E-state index contributed by atoms with van der Waals surface area (Å²) in [5.74, 6) is -0.389. The van der Waals surface area contributed by atoms with E-state index in [9.17, 15) is 18.0 Å². The third kappa shape index (κ3) is 6.33. The molecule has 3 aromatic rings. The summed E-state index contributed by atoms with van der Waals surface area (Å²) in [4.78, 5) is 24.7. The molecular formula is C24H25N3O5S. The van der Waals surface area contributed by atoms with E-state index in [0.29, 0.717) is 23.6 Å². The summed E-state index contributed by atoms with van der Waals surface area (Å²) in [5, 5.41) is 0. The van der Waals surface area contributed by atoms with Gasteiger partial charge in [-0.15, -0.1) is 0 Å². The third-order valence-corrected chi connectivity index (χ3v) is 6.01. The van der Waals surface area contributed by atoms with Gasteiger partial charge < -0.3 is 4.74 Å². The van der Waals surface area contributed by atoms with Crippen molar-refractivity contribution in [3.63, 3.8) is 0 Å². The monoisotopic (exact) mass is 467 g/mol. The number of hydrogen-bond acceptors (Lipinski definition) is 5. The van der Waals surface area contributed by atoms with E-state index in [1.54, 1.807) is 24.3 Å². The zero-order valence-corrected chi connectivity index (χ0v) is 19.3. The number of sulfonamides is 1. The lowest BCUT2D eigenvalue weighted by molar-refractivity contribution is 0.0846. The van der Waals surface area contributed by atoms with Crippen molar-refractivity contribution in [3.8, 4) is 5.75 Å². The lowest BCUT2D eigenvalue weighted by Gasteiger charge is -2.11. The van der Waals surface area contributed by atoms with Gasteiger partial charge in [0, 0.05) is 16.8 Å². The van der Waals surface area contributed by atoms with Crippen LogP contribution < -0.4 is 20.3 Å². The fourth-order valence-corrected chi connectivity index (χ4v) is 4.21. The van der Waals surface area contributed by atoms with Crippen LogP contribution in [0.3, 0.4) is 0 Å². The number of hydrogen-bond donors (Lipinski definition) is 3. The number of nitrogens with one attached hydrogen (secondary N) is 3. The Kier molecular flexibility index (Phi) is 7.34. The van der Waals surface area contributed by atoms with Gasteiger partial charge in [-0.3, -0.25) is 25.2 Å². The molecule has 0 bridgehead atoms. The number of anilines is 1. The van der Waals surface area contributed by atoms with E-state index in [0.717, 1.165) is 11.1 Å². The summed E-state index contributed by atoms with van der Waals surface area (Å²) in [6, 6.07) is 17.3. The first kappa shape index (κ1) is 23.8. The van der Waals surface area contributed by atoms with Gasteiger partial charge in [-0.05, 0) is 81.4 Å². The predicted octanol–water partition coefficient (Wildman–Crippen LogP) is 3.58. The molecule has 0 fully saturated rings. The maximum atomic E-state index is 12.6. The number of hydrazine groups is 1. The Bertz CT molecular complexity index is 1230. The molecule has 8 nitrogen and oxygen atoms in total. The number of carbonyl (C=O) groups excluding carboxylic acids is 2. The summed E-state index contributed by atoms with van der Waals surface area (Å²) >= 11 is 0. The Morgan fingerprint density at radius 2 is 1.33 bits per heavy atom. The molecule has 0 unspecified atom stereocenters. The molecular weight excluding hydrogens is 442 g/mol. The van der Waals surface area contributed by atoms with Crippen LogP contribution >= 0.6 is 0 Å². The SMILES string of the molecule is CCOc1ccc(S(=O)(=O)Nc2ccc(C(=O)NNC(=O)c3cc(C)cc(C)c3)cc2)cc1. The second kappa shape index (κ2) is 10.2. The first-order valence-corrected chi connectivity index (χ1v) is 11.7. The minimum absolute atomic E-state index is 0.0851. The van der Waals surface area contributed by atoms with Crippen LogP contribution in [0.1, 0.15) is 38.8 Å². The molecule has 3 rings (SSSR count). The second-order valence-electron chi connectivity index (χ2n) is 7.37. The van der Waals surface area contributed by atoms with Gasteiger partial charge in [-0.1, -0.05) is 17.2 Å². The second-order valence-corrected chi connectivity index (χ2v) is 9.05. The molecule has 9 heteroatoms. The van der Waals surface area contributed by atoms with Crippen molar-refractivity contribution < 1.29 is 22.7 Å². The minimum Gasteiger partial charge on any atom is -0.494 e. The minimum atomic E-state index is -3.80. The van der Waals surface area contributed by atoms with Crippen LogP contribution in [0.5, 0.6) is 5.75 Å². The van der Waals surface area contributed by atoms with Crippen LogP contribution in [-0.4, -0.2) is 26.8 Å². The van der Waals surface area contributed by atoms with E-state index < -0.39 is 21.8 Å². The first-order chi connectivity index (χ1) is 15.7. The van der Waals surface area contributed by atoms with E-state index in [2.05, 4.69) is 15.6 Å². The van der Waals surface area contributed by atoms with Crippen LogP contribution in [0, 0.1) is 13.8 Å². The van der Waals surface area contributed by atoms with Gasteiger partial charge in [0.25, 0.3) is 21.8 Å². The lowest BCUT2D eigenvalue weighted by Crippen LogP contribution is -2.41. The summed E-state index contributed by atoms with van der Waals surface area (Å²) < 4.78 is 32.9. The molecule has 0 aliphatic rings. The van der Waals surface area contributed by atoms with Crippen LogP contribution in [-0.2, 0) is 10.0 Å². The highest BCUT2D eigenvalue weighted by Gasteiger charge is 2.15. The first-order valence-electron chi connectivity index (χ1n) is 10.2. The van der Waals surface area contributed by atoms with Crippen molar-refractivity contribution >= 4 is 27.5 Å². The molecule has 0 aliphatic heterocycles. The van der Waals surface area contributed by atoms with Crippen molar-refractivity contribution in [2.45, 2.75) is 25.7 Å². The lowest BCUT2D eigenvalue weighted by atomic mass is 10.1. The van der Waals surface area contributed by atoms with E-state index in [4.69, 9.17) is 4.74 Å². The number of ether oxygens (including phenoxy) is 1. The molecule has 0 atom stereocenters. The van der Waals surface area contributed by atoms with E-state index >= 15 is 0 Å². The third-order valence-electron chi connectivity index (χ3n) is 4.62. The normalized spacial score (nSPS) is 10.9. The smallest absolute Gasteiger partial charge is 0.269 e. The highest BCUT2D eigenvalue weighted by atomic mass is 32.2. The number of benzene rings is 3. The van der Waals surface area contributed by atoms with Crippen molar-refractivity contribution in [2.75, 3.05) is 11.3 Å². The van der Waals surface area contributed by atoms with Crippen molar-refractivity contribution in [2.24, 2.45) is 0 Å². The van der Waals surface area contributed by atoms with Gasteiger partial charge in [0.05, 0.1) is 11.5 Å². The Morgan fingerprint density at radius 1 is 0.788 bits per heavy atom. The van der Waals surface area contributed by atoms with Crippen molar-refractivity contribution in [3.05, 3.63) is 89.0 Å². The maximum Gasteiger partial charge on any atom is 0.269 e. The van der Waals surface area contributed by atoms with Gasteiger partial charge >= 0.3 is 0 Å². The predicted molar refractivity (Wildman–Crippen MR) is 126 cm³/mol. The molecule has 3 aromatic carbocycles. The van der Waals surface area contributed by atoms with Crippen LogP contribution in [0.25, 0.3) is 0 Å². The van der Waals surface area contributed by atoms with E-state index in [1.807, 2.05) is 26.8 Å². The number of amides is 2. The van der Waals surface area contributed by atoms with Crippen LogP contribution in [0.4, 0.5) is 5.69 Å². The molecule has 0 spiro atoms. The fourth-order valence-electron chi connectivity index (χ4n) is 3.15. The average Bonchev–Trinajstić information content (AvgIpc) is 2.77. The number of carbonyl (C=O) groups is 2. The van der Waals surface area contributed by atoms with E-state index in [-0.39, 0.29) is 10.5 Å². The molecule has 2 amide bonds. The Balaban J connectivity index is 1.60. The molecule has 0 saturated heterocycles. The van der Waals surface area contributed by atoms with Crippen LogP contribution in [0.15, 0.2) is 71.6 Å². The highest BCUT2D eigenvalue weighted by molar-refractivity contribution is 7.92. The molecule has 0 heterocycles. The number of aryl methyl sites for hydroxylation is 2. The molecule has 0 aromatic heterocycles. The molecule has 3 N–H and O–H groups in total. The topological polar surface area (TPSA) is 114 Å². The molecule has 0 aliphatic carbocycles. The fraction of sp³-hybridized carbons (Fsp3) is 0.167. The van der Waals surface area contributed by atoms with Crippen LogP contribution in [0.2, 0.25) is 0 Å². The standard InChI is InChI=1S/C24H25N3O5S/c1-4-32-21-9-11-22(12-10-21)33(30,31)27-20-7-5-18(6-8-20)23(28)25-26-24(29)19-14-16(2)13-17(3)15-19/h5-15,27H,4H2,1-3H3,(H,25,28)(H,26,29). The quantitative estimate of drug-likeness (QED) is 0.460. The van der Waals surface area contributed by atoms with Crippen molar-refractivity contribution in [1.82, 2.24) is 10.9 Å². The summed E-state index contributed by atoms with van der Waals surface area (Å²) in [6.45, 7) is 6.09. The van der Waals surface area contributed by atoms with Crippen molar-refractivity contribution in [1.29, 1.82) is 0 Å². The Morgan fingerprint density at radius 3 is 1.88 bits per heavy atom. The molecule has 0 radical (unpaired) electrons. The molecule has 0 saturated carbocycles. The number of rotatable bonds is 7. The molecule has 172 valence electrons. The average molecular weight is 468 g/mol. The largest absolute Gasteiger partial charge is 0.494 e. The Hall–Kier alpha value is -3.85. The zero-order chi connectivity index (χ0) is 24.0.